The number of amides is 1. The van der Waals surface area contributed by atoms with Gasteiger partial charge in [-0.1, -0.05) is 36.8 Å². The van der Waals surface area contributed by atoms with Crippen LogP contribution in [0.5, 0.6) is 0 Å². The fraction of sp³-hybridized carbons (Fsp3) is 0.360. The first-order valence-corrected chi connectivity index (χ1v) is 11.2. The van der Waals surface area contributed by atoms with Gasteiger partial charge in [-0.15, -0.1) is 10.2 Å². The Bertz CT molecular complexity index is 1160. The third-order valence-corrected chi connectivity index (χ3v) is 6.29. The SMILES string of the molecule is C[C@H](NC(=O)c1ccc2c(c1)C[C@@H](c1ccccc1)OC2=O)c1nnc2n1CCCCC2. The Balaban J connectivity index is 1.34. The number of esters is 1. The molecule has 1 N–H and O–H groups in total. The zero-order chi connectivity index (χ0) is 22.1. The van der Waals surface area contributed by atoms with E-state index in [-0.39, 0.29) is 24.0 Å². The Morgan fingerprint density at radius 3 is 2.81 bits per heavy atom. The van der Waals surface area contributed by atoms with Gasteiger partial charge in [0.25, 0.3) is 5.91 Å². The predicted molar refractivity (Wildman–Crippen MR) is 118 cm³/mol. The minimum Gasteiger partial charge on any atom is -0.454 e. The van der Waals surface area contributed by atoms with Crippen molar-refractivity contribution in [3.8, 4) is 0 Å². The maximum absolute atomic E-state index is 13.0. The lowest BCUT2D eigenvalue weighted by molar-refractivity contribution is 0.0252. The third-order valence-electron chi connectivity index (χ3n) is 6.29. The van der Waals surface area contributed by atoms with Crippen LogP contribution in [0.2, 0.25) is 0 Å². The summed E-state index contributed by atoms with van der Waals surface area (Å²) in [5, 5.41) is 11.7. The Morgan fingerprint density at radius 1 is 1.12 bits per heavy atom. The average molecular weight is 431 g/mol. The molecule has 32 heavy (non-hydrogen) atoms. The molecule has 0 fully saturated rings. The molecule has 1 aromatic heterocycles. The highest BCUT2D eigenvalue weighted by Gasteiger charge is 2.28. The third kappa shape index (κ3) is 3.90. The summed E-state index contributed by atoms with van der Waals surface area (Å²) < 4.78 is 7.76. The first-order valence-electron chi connectivity index (χ1n) is 11.2. The number of fused-ring (bicyclic) bond motifs is 2. The molecule has 0 aliphatic carbocycles. The highest BCUT2D eigenvalue weighted by Crippen LogP contribution is 2.31. The molecule has 2 atom stereocenters. The highest BCUT2D eigenvalue weighted by molar-refractivity contribution is 5.98. The molecule has 2 aliphatic rings. The molecule has 3 heterocycles. The summed E-state index contributed by atoms with van der Waals surface area (Å²) >= 11 is 0. The number of cyclic esters (lactones) is 1. The van der Waals surface area contributed by atoms with Gasteiger partial charge in [-0.05, 0) is 49.1 Å². The van der Waals surface area contributed by atoms with E-state index in [2.05, 4.69) is 20.1 Å². The van der Waals surface area contributed by atoms with Crippen LogP contribution in [0, 0.1) is 0 Å². The van der Waals surface area contributed by atoms with Crippen molar-refractivity contribution >= 4 is 11.9 Å². The summed E-state index contributed by atoms with van der Waals surface area (Å²) in [6.45, 7) is 2.82. The van der Waals surface area contributed by atoms with Crippen LogP contribution >= 0.6 is 0 Å². The minimum atomic E-state index is -0.355. The lowest BCUT2D eigenvalue weighted by Crippen LogP contribution is -2.29. The van der Waals surface area contributed by atoms with Crippen LogP contribution in [0.3, 0.4) is 0 Å². The fourth-order valence-electron chi connectivity index (χ4n) is 4.56. The van der Waals surface area contributed by atoms with E-state index in [1.54, 1.807) is 18.2 Å². The lowest BCUT2D eigenvalue weighted by atomic mass is 9.93. The number of carbonyl (C=O) groups excluding carboxylic acids is 2. The molecule has 164 valence electrons. The maximum atomic E-state index is 13.0. The van der Waals surface area contributed by atoms with Gasteiger partial charge >= 0.3 is 5.97 Å². The van der Waals surface area contributed by atoms with Gasteiger partial charge < -0.3 is 14.6 Å². The van der Waals surface area contributed by atoms with Crippen molar-refractivity contribution in [2.45, 2.75) is 57.7 Å². The van der Waals surface area contributed by atoms with Gasteiger partial charge in [-0.2, -0.15) is 0 Å². The largest absolute Gasteiger partial charge is 0.454 e. The fourth-order valence-corrected chi connectivity index (χ4v) is 4.56. The summed E-state index contributed by atoms with van der Waals surface area (Å²) in [6, 6.07) is 14.6. The number of aromatic nitrogens is 3. The quantitative estimate of drug-likeness (QED) is 0.634. The van der Waals surface area contributed by atoms with E-state index in [0.29, 0.717) is 17.5 Å². The lowest BCUT2D eigenvalue weighted by Gasteiger charge is -2.25. The zero-order valence-corrected chi connectivity index (χ0v) is 18.1. The van der Waals surface area contributed by atoms with Crippen LogP contribution in [0.1, 0.15) is 81.8 Å². The van der Waals surface area contributed by atoms with Crippen LogP contribution in [0.25, 0.3) is 0 Å². The summed E-state index contributed by atoms with van der Waals surface area (Å²) in [5.41, 5.74) is 2.81. The van der Waals surface area contributed by atoms with E-state index in [0.717, 1.165) is 48.6 Å². The molecule has 0 spiro atoms. The van der Waals surface area contributed by atoms with Gasteiger partial charge in [0.05, 0.1) is 11.6 Å². The average Bonchev–Trinajstić information content (AvgIpc) is 3.07. The van der Waals surface area contributed by atoms with E-state index in [9.17, 15) is 9.59 Å². The van der Waals surface area contributed by atoms with Crippen molar-refractivity contribution in [2.24, 2.45) is 0 Å². The second kappa shape index (κ2) is 8.57. The van der Waals surface area contributed by atoms with E-state index in [1.807, 2.05) is 37.3 Å². The van der Waals surface area contributed by atoms with E-state index in [4.69, 9.17) is 4.74 Å². The van der Waals surface area contributed by atoms with Crippen LogP contribution in [0.15, 0.2) is 48.5 Å². The minimum absolute atomic E-state index is 0.193. The summed E-state index contributed by atoms with van der Waals surface area (Å²) in [4.78, 5) is 25.5. The Morgan fingerprint density at radius 2 is 1.97 bits per heavy atom. The van der Waals surface area contributed by atoms with Crippen LogP contribution in [-0.4, -0.2) is 26.6 Å². The summed E-state index contributed by atoms with van der Waals surface area (Å²) in [7, 11) is 0. The molecule has 1 amide bonds. The summed E-state index contributed by atoms with van der Waals surface area (Å²) in [6.07, 6.45) is 4.53. The number of aryl methyl sites for hydroxylation is 1. The Hall–Kier alpha value is -3.48. The molecule has 7 nitrogen and oxygen atoms in total. The second-order valence-corrected chi connectivity index (χ2v) is 8.51. The van der Waals surface area contributed by atoms with Gasteiger partial charge in [0, 0.05) is 24.9 Å². The van der Waals surface area contributed by atoms with Crippen molar-refractivity contribution in [1.29, 1.82) is 0 Å². The number of hydrogen-bond acceptors (Lipinski definition) is 5. The van der Waals surface area contributed by atoms with Crippen LogP contribution < -0.4 is 5.32 Å². The smallest absolute Gasteiger partial charge is 0.339 e. The molecule has 0 saturated carbocycles. The van der Waals surface area contributed by atoms with Gasteiger partial charge in [0.15, 0.2) is 5.82 Å². The van der Waals surface area contributed by atoms with Gasteiger partial charge in [-0.3, -0.25) is 4.79 Å². The Labute approximate surface area is 186 Å². The molecule has 2 aromatic carbocycles. The van der Waals surface area contributed by atoms with Crippen LogP contribution in [-0.2, 0) is 24.1 Å². The number of nitrogens with zero attached hydrogens (tertiary/aromatic N) is 3. The van der Waals surface area contributed by atoms with Gasteiger partial charge in [0.2, 0.25) is 0 Å². The molecule has 5 rings (SSSR count). The number of nitrogens with one attached hydrogen (secondary N) is 1. The molecule has 0 unspecified atom stereocenters. The summed E-state index contributed by atoms with van der Waals surface area (Å²) in [5.74, 6) is 1.24. The van der Waals surface area contributed by atoms with E-state index < -0.39 is 0 Å². The molecule has 3 aromatic rings. The highest BCUT2D eigenvalue weighted by atomic mass is 16.5. The van der Waals surface area contributed by atoms with Crippen LogP contribution in [0.4, 0.5) is 0 Å². The molecule has 7 heteroatoms. The normalized spacial score (nSPS) is 18.7. The zero-order valence-electron chi connectivity index (χ0n) is 18.1. The molecule has 2 aliphatic heterocycles. The van der Waals surface area contributed by atoms with E-state index >= 15 is 0 Å². The van der Waals surface area contributed by atoms with E-state index in [1.165, 1.54) is 6.42 Å². The first-order chi connectivity index (χ1) is 15.6. The maximum Gasteiger partial charge on any atom is 0.339 e. The number of carbonyl (C=O) groups is 2. The molecule has 0 saturated heterocycles. The second-order valence-electron chi connectivity index (χ2n) is 8.51. The van der Waals surface area contributed by atoms with Crippen molar-refractivity contribution in [3.05, 3.63) is 82.4 Å². The van der Waals surface area contributed by atoms with Crippen molar-refractivity contribution in [2.75, 3.05) is 0 Å². The van der Waals surface area contributed by atoms with Gasteiger partial charge in [-0.25, -0.2) is 4.79 Å². The predicted octanol–water partition coefficient (Wildman–Crippen LogP) is 3.95. The number of ether oxygens (including phenoxy) is 1. The number of hydrogen-bond donors (Lipinski definition) is 1. The van der Waals surface area contributed by atoms with Crippen molar-refractivity contribution in [1.82, 2.24) is 20.1 Å². The molecular formula is C25H26N4O3. The van der Waals surface area contributed by atoms with Crippen molar-refractivity contribution in [3.63, 3.8) is 0 Å². The van der Waals surface area contributed by atoms with Crippen molar-refractivity contribution < 1.29 is 14.3 Å². The first kappa shape index (κ1) is 20.4. The monoisotopic (exact) mass is 430 g/mol. The molecular weight excluding hydrogens is 404 g/mol. The topological polar surface area (TPSA) is 86.1 Å². The molecule has 0 radical (unpaired) electrons. The standard InChI is InChI=1S/C25H26N4O3/c1-16(23-28-27-22-10-6-3-7-13-29(22)23)26-24(30)18-11-12-20-19(14-18)15-21(32-25(20)31)17-8-4-2-5-9-17/h2,4-5,8-9,11-12,14,16,21H,3,6-7,10,13,15H2,1H3,(H,26,30)/t16-,21-/m0/s1. The molecule has 0 bridgehead atoms. The number of benzene rings is 2. The Kier molecular flexibility index (Phi) is 5.47. The number of rotatable bonds is 4. The van der Waals surface area contributed by atoms with Gasteiger partial charge in [0.1, 0.15) is 11.9 Å².